The lowest BCUT2D eigenvalue weighted by molar-refractivity contribution is 0.0851. The van der Waals surface area contributed by atoms with Crippen LogP contribution in [-0.2, 0) is 0 Å². The quantitative estimate of drug-likeness (QED) is 0.690. The molecule has 0 unspecified atom stereocenters. The largest absolute Gasteiger partial charge is 0.468 e. The standard InChI is InChI=1S/C15H20O2/c1-9-6-10-8-15(2,3)12(9)7-13(16)11-4-5-17-14(10)11/h4-6,10,12-13,16H,7-8H2,1-3H3/t10-,12+,13-/m0/s1. The van der Waals surface area contributed by atoms with Crippen LogP contribution < -0.4 is 0 Å². The van der Waals surface area contributed by atoms with Crippen LogP contribution in [0, 0.1) is 11.3 Å². The van der Waals surface area contributed by atoms with E-state index in [2.05, 4.69) is 26.8 Å². The zero-order valence-corrected chi connectivity index (χ0v) is 10.7. The lowest BCUT2D eigenvalue weighted by Crippen LogP contribution is -2.34. The van der Waals surface area contributed by atoms with Gasteiger partial charge in [-0.1, -0.05) is 25.5 Å². The molecule has 0 aromatic carbocycles. The highest BCUT2D eigenvalue weighted by Gasteiger charge is 2.42. The molecule has 2 heteroatoms. The molecular formula is C15H20O2. The highest BCUT2D eigenvalue weighted by atomic mass is 16.3. The molecule has 1 aromatic heterocycles. The van der Waals surface area contributed by atoms with E-state index in [1.54, 1.807) is 6.26 Å². The first-order chi connectivity index (χ1) is 7.99. The Kier molecular flexibility index (Phi) is 2.27. The van der Waals surface area contributed by atoms with Crippen molar-refractivity contribution in [2.45, 2.75) is 45.6 Å². The average Bonchev–Trinajstić information content (AvgIpc) is 2.69. The molecule has 1 N–H and O–H groups in total. The summed E-state index contributed by atoms with van der Waals surface area (Å²) >= 11 is 0. The number of hydrogen-bond donors (Lipinski definition) is 1. The minimum atomic E-state index is -0.375. The zero-order valence-electron chi connectivity index (χ0n) is 10.7. The van der Waals surface area contributed by atoms with E-state index < -0.39 is 0 Å². The highest BCUT2D eigenvalue weighted by Crippen LogP contribution is 2.52. The first-order valence-corrected chi connectivity index (χ1v) is 6.43. The van der Waals surface area contributed by atoms with E-state index in [4.69, 9.17) is 4.42 Å². The lowest BCUT2D eigenvalue weighted by Gasteiger charge is -2.44. The summed E-state index contributed by atoms with van der Waals surface area (Å²) in [5, 5.41) is 10.3. The Morgan fingerprint density at radius 2 is 2.18 bits per heavy atom. The Hall–Kier alpha value is -1.02. The molecule has 0 radical (unpaired) electrons. The molecule has 0 spiro atoms. The van der Waals surface area contributed by atoms with E-state index in [0.29, 0.717) is 11.8 Å². The van der Waals surface area contributed by atoms with Crippen LogP contribution in [0.2, 0.25) is 0 Å². The number of aliphatic hydroxyl groups excluding tert-OH is 1. The van der Waals surface area contributed by atoms with Gasteiger partial charge < -0.3 is 9.52 Å². The van der Waals surface area contributed by atoms with Crippen molar-refractivity contribution >= 4 is 0 Å². The number of hydrogen-bond acceptors (Lipinski definition) is 2. The molecule has 2 bridgehead atoms. The number of rotatable bonds is 0. The molecule has 0 amide bonds. The Morgan fingerprint density at radius 1 is 1.41 bits per heavy atom. The fraction of sp³-hybridized carbons (Fsp3) is 0.600. The van der Waals surface area contributed by atoms with Crippen LogP contribution in [0.25, 0.3) is 0 Å². The molecule has 0 saturated carbocycles. The Labute approximate surface area is 102 Å². The minimum Gasteiger partial charge on any atom is -0.468 e. The summed E-state index contributed by atoms with van der Waals surface area (Å²) in [4.78, 5) is 0. The summed E-state index contributed by atoms with van der Waals surface area (Å²) in [5.74, 6) is 1.79. The molecule has 92 valence electrons. The summed E-state index contributed by atoms with van der Waals surface area (Å²) in [5.41, 5.74) is 2.65. The van der Waals surface area contributed by atoms with Crippen LogP contribution in [0.15, 0.2) is 28.4 Å². The maximum atomic E-state index is 10.3. The maximum Gasteiger partial charge on any atom is 0.116 e. The van der Waals surface area contributed by atoms with Crippen molar-refractivity contribution in [2.24, 2.45) is 11.3 Å². The second kappa shape index (κ2) is 3.49. The van der Waals surface area contributed by atoms with Gasteiger partial charge in [0.05, 0.1) is 12.4 Å². The minimum absolute atomic E-state index is 0.245. The van der Waals surface area contributed by atoms with Crippen molar-refractivity contribution in [1.29, 1.82) is 0 Å². The Morgan fingerprint density at radius 3 is 2.88 bits per heavy atom. The molecule has 0 saturated heterocycles. The summed E-state index contributed by atoms with van der Waals surface area (Å²) in [6, 6.07) is 1.93. The average molecular weight is 232 g/mol. The van der Waals surface area contributed by atoms with Gasteiger partial charge in [-0.05, 0) is 37.2 Å². The SMILES string of the molecule is CC1=C[C@H]2CC(C)(C)[C@@H]1C[C@H](O)c1ccoc12. The summed E-state index contributed by atoms with van der Waals surface area (Å²) in [6.07, 6.45) is 5.60. The van der Waals surface area contributed by atoms with Crippen molar-refractivity contribution in [3.05, 3.63) is 35.3 Å². The Bertz CT molecular complexity index is 467. The van der Waals surface area contributed by atoms with Gasteiger partial charge in [0.2, 0.25) is 0 Å². The fourth-order valence-corrected chi connectivity index (χ4v) is 3.75. The monoisotopic (exact) mass is 232 g/mol. The highest BCUT2D eigenvalue weighted by molar-refractivity contribution is 5.33. The van der Waals surface area contributed by atoms with Gasteiger partial charge in [-0.3, -0.25) is 0 Å². The summed E-state index contributed by atoms with van der Waals surface area (Å²) in [6.45, 7) is 6.81. The smallest absolute Gasteiger partial charge is 0.116 e. The zero-order chi connectivity index (χ0) is 12.2. The third kappa shape index (κ3) is 1.58. The predicted molar refractivity (Wildman–Crippen MR) is 66.7 cm³/mol. The molecule has 0 aliphatic heterocycles. The van der Waals surface area contributed by atoms with E-state index >= 15 is 0 Å². The van der Waals surface area contributed by atoms with E-state index in [1.807, 2.05) is 6.07 Å². The van der Waals surface area contributed by atoms with Crippen molar-refractivity contribution < 1.29 is 9.52 Å². The van der Waals surface area contributed by atoms with E-state index in [1.165, 1.54) is 5.57 Å². The number of aliphatic hydroxyl groups is 1. The van der Waals surface area contributed by atoms with Gasteiger partial charge in [0, 0.05) is 11.5 Å². The van der Waals surface area contributed by atoms with Gasteiger partial charge in [-0.25, -0.2) is 0 Å². The number of allylic oxidation sites excluding steroid dienone is 2. The van der Waals surface area contributed by atoms with Gasteiger partial charge in [-0.15, -0.1) is 0 Å². The van der Waals surface area contributed by atoms with Crippen LogP contribution in [0.3, 0.4) is 0 Å². The van der Waals surface area contributed by atoms with E-state index in [0.717, 1.165) is 24.2 Å². The summed E-state index contributed by atoms with van der Waals surface area (Å²) in [7, 11) is 0. The predicted octanol–water partition coefficient (Wildman–Crippen LogP) is 3.79. The second-order valence-electron chi connectivity index (χ2n) is 6.25. The number of furan rings is 1. The van der Waals surface area contributed by atoms with Gasteiger partial charge in [0.1, 0.15) is 5.76 Å². The van der Waals surface area contributed by atoms with Crippen LogP contribution in [0.1, 0.15) is 57.0 Å². The van der Waals surface area contributed by atoms with Crippen molar-refractivity contribution in [1.82, 2.24) is 0 Å². The van der Waals surface area contributed by atoms with Gasteiger partial charge in [0.15, 0.2) is 0 Å². The fourth-order valence-electron chi connectivity index (χ4n) is 3.75. The molecule has 4 rings (SSSR count). The molecule has 17 heavy (non-hydrogen) atoms. The first-order valence-electron chi connectivity index (χ1n) is 6.43. The topological polar surface area (TPSA) is 33.4 Å². The molecular weight excluding hydrogens is 212 g/mol. The maximum absolute atomic E-state index is 10.3. The van der Waals surface area contributed by atoms with Gasteiger partial charge in [0.25, 0.3) is 0 Å². The van der Waals surface area contributed by atoms with Crippen molar-refractivity contribution in [3.63, 3.8) is 0 Å². The van der Waals surface area contributed by atoms with Crippen molar-refractivity contribution in [3.8, 4) is 0 Å². The second-order valence-corrected chi connectivity index (χ2v) is 6.25. The molecule has 2 nitrogen and oxygen atoms in total. The third-order valence-electron chi connectivity index (χ3n) is 4.58. The number of fused-ring (bicyclic) bond motifs is 2. The van der Waals surface area contributed by atoms with Crippen LogP contribution in [-0.4, -0.2) is 5.11 Å². The van der Waals surface area contributed by atoms with Crippen molar-refractivity contribution in [2.75, 3.05) is 0 Å². The molecule has 1 aromatic rings. The molecule has 3 aliphatic carbocycles. The molecule has 3 aliphatic rings. The van der Waals surface area contributed by atoms with E-state index in [9.17, 15) is 5.11 Å². The van der Waals surface area contributed by atoms with Crippen LogP contribution in [0.4, 0.5) is 0 Å². The van der Waals surface area contributed by atoms with Gasteiger partial charge >= 0.3 is 0 Å². The van der Waals surface area contributed by atoms with E-state index in [-0.39, 0.29) is 11.5 Å². The first kappa shape index (κ1) is 11.1. The van der Waals surface area contributed by atoms with Crippen LogP contribution in [0.5, 0.6) is 0 Å². The summed E-state index contributed by atoms with van der Waals surface area (Å²) < 4.78 is 5.63. The lowest BCUT2D eigenvalue weighted by atomic mass is 9.61. The Balaban J connectivity index is 2.16. The van der Waals surface area contributed by atoms with Crippen LogP contribution >= 0.6 is 0 Å². The normalized spacial score (nSPS) is 34.8. The third-order valence-corrected chi connectivity index (χ3v) is 4.58. The molecule has 3 atom stereocenters. The molecule has 1 heterocycles. The van der Waals surface area contributed by atoms with Gasteiger partial charge in [-0.2, -0.15) is 0 Å². The molecule has 0 fully saturated rings.